The lowest BCUT2D eigenvalue weighted by Crippen LogP contribution is -2.02. The van der Waals surface area contributed by atoms with E-state index in [1.54, 1.807) is 5.37 Å². The van der Waals surface area contributed by atoms with Crippen molar-refractivity contribution in [2.75, 3.05) is 0 Å². The molecule has 2 heteroatoms. The Balaban J connectivity index is 2.01. The van der Waals surface area contributed by atoms with Crippen LogP contribution >= 0.6 is 12.2 Å². The summed E-state index contributed by atoms with van der Waals surface area (Å²) in [6.45, 7) is 2.08. The predicted octanol–water partition coefficient (Wildman–Crippen LogP) is 4.16. The van der Waals surface area contributed by atoms with Gasteiger partial charge in [-0.1, -0.05) is 60.7 Å². The van der Waals surface area contributed by atoms with Gasteiger partial charge in [0.15, 0.2) is 5.78 Å². The molecule has 0 unspecified atom stereocenters. The van der Waals surface area contributed by atoms with Crippen molar-refractivity contribution in [2.24, 2.45) is 0 Å². The molecule has 0 radical (unpaired) electrons. The summed E-state index contributed by atoms with van der Waals surface area (Å²) in [4.78, 5) is 12.1. The van der Waals surface area contributed by atoms with Crippen molar-refractivity contribution in [1.82, 2.24) is 0 Å². The molecule has 0 aliphatic rings. The van der Waals surface area contributed by atoms with Crippen LogP contribution in [0.4, 0.5) is 0 Å². The summed E-state index contributed by atoms with van der Waals surface area (Å²) >= 11 is 4.85. The summed E-state index contributed by atoms with van der Waals surface area (Å²) in [6.07, 6.45) is 1.34. The Kier molecular flexibility index (Phi) is 4.58. The number of aryl methyl sites for hydroxylation is 2. The number of Topliss-reactive ketones (excluding diaryl/α,β-unsaturated/α-hetero) is 1. The van der Waals surface area contributed by atoms with E-state index in [-0.39, 0.29) is 5.78 Å². The molecule has 0 bridgehead atoms. The molecule has 0 spiro atoms. The molecule has 0 aromatic heterocycles. The summed E-state index contributed by atoms with van der Waals surface area (Å²) < 4.78 is 0. The van der Waals surface area contributed by atoms with Crippen molar-refractivity contribution in [3.8, 4) is 0 Å². The standard InChI is InChI=1S/C17H16OS/c1-13-4-2-3-5-15(13)10-11-17(18)16-8-6-14(12-19)7-9-16/h2-9,12H,10-11H2,1H3. The van der Waals surface area contributed by atoms with E-state index in [0.29, 0.717) is 6.42 Å². The lowest BCUT2D eigenvalue weighted by atomic mass is 9.99. The van der Waals surface area contributed by atoms with Gasteiger partial charge in [0.1, 0.15) is 0 Å². The van der Waals surface area contributed by atoms with Gasteiger partial charge in [0.05, 0.1) is 0 Å². The van der Waals surface area contributed by atoms with Gasteiger partial charge in [0.2, 0.25) is 0 Å². The van der Waals surface area contributed by atoms with E-state index >= 15 is 0 Å². The van der Waals surface area contributed by atoms with E-state index in [1.807, 2.05) is 36.4 Å². The number of thiocarbonyl (C=S) groups is 1. The van der Waals surface area contributed by atoms with Crippen molar-refractivity contribution >= 4 is 23.4 Å². The molecule has 0 amide bonds. The number of benzene rings is 2. The van der Waals surface area contributed by atoms with E-state index in [9.17, 15) is 4.79 Å². The van der Waals surface area contributed by atoms with Crippen LogP contribution in [0.2, 0.25) is 0 Å². The molecule has 2 rings (SSSR count). The first-order valence-electron chi connectivity index (χ1n) is 6.33. The van der Waals surface area contributed by atoms with Crippen molar-refractivity contribution in [2.45, 2.75) is 19.8 Å². The molecule has 2 aromatic rings. The van der Waals surface area contributed by atoms with Gasteiger partial charge in [-0.05, 0) is 30.0 Å². The minimum absolute atomic E-state index is 0.180. The maximum Gasteiger partial charge on any atom is 0.163 e. The van der Waals surface area contributed by atoms with Crippen LogP contribution in [0.3, 0.4) is 0 Å². The Hall–Kier alpha value is -1.80. The highest BCUT2D eigenvalue weighted by atomic mass is 32.1. The highest BCUT2D eigenvalue weighted by Gasteiger charge is 2.06. The summed E-state index contributed by atoms with van der Waals surface area (Å²) in [5.41, 5.74) is 4.21. The van der Waals surface area contributed by atoms with Gasteiger partial charge in [-0.15, -0.1) is 0 Å². The van der Waals surface area contributed by atoms with Crippen LogP contribution in [0, 0.1) is 6.92 Å². The first kappa shape index (κ1) is 13.6. The van der Waals surface area contributed by atoms with Crippen LogP contribution in [-0.2, 0) is 6.42 Å². The topological polar surface area (TPSA) is 17.1 Å². The van der Waals surface area contributed by atoms with E-state index < -0.39 is 0 Å². The van der Waals surface area contributed by atoms with Crippen molar-refractivity contribution in [1.29, 1.82) is 0 Å². The zero-order valence-corrected chi connectivity index (χ0v) is 11.7. The van der Waals surface area contributed by atoms with E-state index in [2.05, 4.69) is 19.1 Å². The fourth-order valence-corrected chi connectivity index (χ4v) is 2.19. The summed E-state index contributed by atoms with van der Waals surface area (Å²) in [7, 11) is 0. The molecule has 2 aromatic carbocycles. The minimum Gasteiger partial charge on any atom is -0.294 e. The summed E-state index contributed by atoms with van der Waals surface area (Å²) in [5, 5.41) is 1.61. The van der Waals surface area contributed by atoms with Crippen LogP contribution in [0.25, 0.3) is 0 Å². The second-order valence-electron chi connectivity index (χ2n) is 4.59. The summed E-state index contributed by atoms with van der Waals surface area (Å²) in [5.74, 6) is 0.180. The normalized spacial score (nSPS) is 10.2. The van der Waals surface area contributed by atoms with Gasteiger partial charge in [-0.2, -0.15) is 0 Å². The number of carbonyl (C=O) groups is 1. The highest BCUT2D eigenvalue weighted by Crippen LogP contribution is 2.12. The second-order valence-corrected chi connectivity index (χ2v) is 4.83. The first-order valence-corrected chi connectivity index (χ1v) is 6.81. The Bertz CT molecular complexity index is 584. The molecule has 1 nitrogen and oxygen atoms in total. The maximum absolute atomic E-state index is 12.1. The van der Waals surface area contributed by atoms with Crippen LogP contribution < -0.4 is 0 Å². The van der Waals surface area contributed by atoms with Gasteiger partial charge in [-0.3, -0.25) is 4.79 Å². The number of hydrogen-bond donors (Lipinski definition) is 0. The van der Waals surface area contributed by atoms with Crippen LogP contribution in [0.1, 0.15) is 33.5 Å². The first-order chi connectivity index (χ1) is 9.20. The van der Waals surface area contributed by atoms with E-state index in [0.717, 1.165) is 17.5 Å². The lowest BCUT2D eigenvalue weighted by Gasteiger charge is -2.05. The molecule has 0 saturated heterocycles. The van der Waals surface area contributed by atoms with Crippen LogP contribution in [-0.4, -0.2) is 11.2 Å². The molecule has 0 saturated carbocycles. The van der Waals surface area contributed by atoms with E-state index in [4.69, 9.17) is 12.2 Å². The molecule has 96 valence electrons. The third kappa shape index (κ3) is 3.58. The van der Waals surface area contributed by atoms with Crippen LogP contribution in [0.5, 0.6) is 0 Å². The maximum atomic E-state index is 12.1. The smallest absolute Gasteiger partial charge is 0.163 e. The largest absolute Gasteiger partial charge is 0.294 e. The Labute approximate surface area is 119 Å². The predicted molar refractivity (Wildman–Crippen MR) is 83.0 cm³/mol. The van der Waals surface area contributed by atoms with Crippen molar-refractivity contribution in [3.05, 3.63) is 70.8 Å². The molecular weight excluding hydrogens is 252 g/mol. The molecule has 0 atom stereocenters. The quantitative estimate of drug-likeness (QED) is 0.598. The second kappa shape index (κ2) is 6.39. The zero-order valence-electron chi connectivity index (χ0n) is 10.9. The number of rotatable bonds is 5. The third-order valence-electron chi connectivity index (χ3n) is 3.25. The van der Waals surface area contributed by atoms with Gasteiger partial charge in [-0.25, -0.2) is 0 Å². The van der Waals surface area contributed by atoms with Gasteiger partial charge in [0.25, 0.3) is 0 Å². The zero-order chi connectivity index (χ0) is 13.7. The third-order valence-corrected chi connectivity index (χ3v) is 3.52. The van der Waals surface area contributed by atoms with Gasteiger partial charge < -0.3 is 0 Å². The van der Waals surface area contributed by atoms with Crippen molar-refractivity contribution in [3.63, 3.8) is 0 Å². The molecule has 0 N–H and O–H groups in total. The van der Waals surface area contributed by atoms with Gasteiger partial charge in [0, 0.05) is 17.4 Å². The molecule has 0 aliphatic heterocycles. The molecule has 0 fully saturated rings. The summed E-state index contributed by atoms with van der Waals surface area (Å²) in [6, 6.07) is 15.6. The van der Waals surface area contributed by atoms with E-state index in [1.165, 1.54) is 11.1 Å². The number of hydrogen-bond acceptors (Lipinski definition) is 2. The molecule has 19 heavy (non-hydrogen) atoms. The fourth-order valence-electron chi connectivity index (χ4n) is 2.03. The SMILES string of the molecule is Cc1ccccc1CCC(=O)c1ccc(C=S)cc1. The fraction of sp³-hybridized carbons (Fsp3) is 0.176. The van der Waals surface area contributed by atoms with Crippen molar-refractivity contribution < 1.29 is 4.79 Å². The number of ketones is 1. The molecule has 0 aliphatic carbocycles. The molecule has 0 heterocycles. The Morgan fingerprint density at radius 1 is 1.11 bits per heavy atom. The average molecular weight is 268 g/mol. The van der Waals surface area contributed by atoms with Gasteiger partial charge >= 0.3 is 0 Å². The lowest BCUT2D eigenvalue weighted by molar-refractivity contribution is 0.0983. The molecular formula is C17H16OS. The Morgan fingerprint density at radius 3 is 2.42 bits per heavy atom. The Morgan fingerprint density at radius 2 is 1.79 bits per heavy atom. The highest BCUT2D eigenvalue weighted by molar-refractivity contribution is 7.79. The monoisotopic (exact) mass is 268 g/mol. The van der Waals surface area contributed by atoms with Crippen LogP contribution in [0.15, 0.2) is 48.5 Å². The average Bonchev–Trinajstić information content (AvgIpc) is 2.46. The number of carbonyl (C=O) groups excluding carboxylic acids is 1. The minimum atomic E-state index is 0.180.